The van der Waals surface area contributed by atoms with Crippen molar-refractivity contribution in [2.45, 2.75) is 24.3 Å². The summed E-state index contributed by atoms with van der Waals surface area (Å²) in [6.45, 7) is 1.60. The van der Waals surface area contributed by atoms with Crippen molar-refractivity contribution in [3.63, 3.8) is 0 Å². The van der Waals surface area contributed by atoms with Gasteiger partial charge in [-0.15, -0.1) is 0 Å². The highest BCUT2D eigenvalue weighted by atomic mass is 35.5. The van der Waals surface area contributed by atoms with Crippen molar-refractivity contribution in [2.24, 2.45) is 10.9 Å². The smallest absolute Gasteiger partial charge is 0.242 e. The molecule has 1 unspecified atom stereocenters. The first kappa shape index (κ1) is 14.7. The van der Waals surface area contributed by atoms with Crippen molar-refractivity contribution in [3.8, 4) is 0 Å². The summed E-state index contributed by atoms with van der Waals surface area (Å²) >= 11 is 5.82. The summed E-state index contributed by atoms with van der Waals surface area (Å²) in [4.78, 5) is -0.00183. The van der Waals surface area contributed by atoms with Crippen molar-refractivity contribution >= 4 is 27.5 Å². The Bertz CT molecular complexity index is 545. The summed E-state index contributed by atoms with van der Waals surface area (Å²) in [5, 5.41) is 11.3. The van der Waals surface area contributed by atoms with Crippen LogP contribution in [0.25, 0.3) is 0 Å². The normalized spacial score (nSPS) is 14.4. The third-order valence-electron chi connectivity index (χ3n) is 2.13. The van der Waals surface area contributed by atoms with Gasteiger partial charge >= 0.3 is 0 Å². The summed E-state index contributed by atoms with van der Waals surface area (Å²) in [6.07, 6.45) is 0.0974. The van der Waals surface area contributed by atoms with Gasteiger partial charge in [-0.2, -0.15) is 0 Å². The molecule has 1 aromatic carbocycles. The van der Waals surface area contributed by atoms with Crippen LogP contribution < -0.4 is 10.5 Å². The lowest BCUT2D eigenvalue weighted by molar-refractivity contribution is 0.316. The van der Waals surface area contributed by atoms with Gasteiger partial charge in [-0.25, -0.2) is 13.1 Å². The van der Waals surface area contributed by atoms with E-state index in [4.69, 9.17) is 22.5 Å². The van der Waals surface area contributed by atoms with E-state index in [1.165, 1.54) is 12.1 Å². The van der Waals surface area contributed by atoms with Crippen LogP contribution >= 0.6 is 11.6 Å². The Balaban J connectivity index is 2.87. The SMILES string of the molecule is CC(CC(N)=NO)NS(=O)(=O)c1ccccc1Cl. The van der Waals surface area contributed by atoms with Crippen LogP contribution in [0.5, 0.6) is 0 Å². The predicted octanol–water partition coefficient (Wildman–Crippen LogP) is 1.14. The Hall–Kier alpha value is -1.31. The van der Waals surface area contributed by atoms with Crippen LogP contribution in [-0.2, 0) is 10.0 Å². The van der Waals surface area contributed by atoms with E-state index in [9.17, 15) is 8.42 Å². The lowest BCUT2D eigenvalue weighted by atomic mass is 10.2. The Kier molecular flexibility index (Phi) is 4.94. The molecule has 0 fully saturated rings. The van der Waals surface area contributed by atoms with Crippen LogP contribution in [0.15, 0.2) is 34.3 Å². The molecule has 100 valence electrons. The van der Waals surface area contributed by atoms with Crippen LogP contribution in [-0.4, -0.2) is 25.5 Å². The molecule has 0 spiro atoms. The van der Waals surface area contributed by atoms with Gasteiger partial charge in [0, 0.05) is 12.5 Å². The second-order valence-corrected chi connectivity index (χ2v) is 5.84. The predicted molar refractivity (Wildman–Crippen MR) is 69.3 cm³/mol. The summed E-state index contributed by atoms with van der Waals surface area (Å²) in [7, 11) is -3.72. The van der Waals surface area contributed by atoms with Crippen molar-refractivity contribution in [1.82, 2.24) is 4.72 Å². The molecule has 8 heteroatoms. The molecule has 1 atom stereocenters. The van der Waals surface area contributed by atoms with Gasteiger partial charge in [0.15, 0.2) is 0 Å². The van der Waals surface area contributed by atoms with E-state index in [0.29, 0.717) is 0 Å². The molecule has 0 bridgehead atoms. The first-order valence-corrected chi connectivity index (χ1v) is 6.96. The zero-order chi connectivity index (χ0) is 13.8. The topological polar surface area (TPSA) is 105 Å². The van der Waals surface area contributed by atoms with E-state index in [0.717, 1.165) is 0 Å². The van der Waals surface area contributed by atoms with Crippen molar-refractivity contribution in [1.29, 1.82) is 0 Å². The lowest BCUT2D eigenvalue weighted by Crippen LogP contribution is -2.35. The molecular weight excluding hydrogens is 278 g/mol. The highest BCUT2D eigenvalue weighted by molar-refractivity contribution is 7.89. The fourth-order valence-electron chi connectivity index (χ4n) is 1.39. The monoisotopic (exact) mass is 291 g/mol. The van der Waals surface area contributed by atoms with Crippen molar-refractivity contribution in [3.05, 3.63) is 29.3 Å². The molecule has 4 N–H and O–H groups in total. The number of oxime groups is 1. The molecule has 0 aliphatic heterocycles. The third-order valence-corrected chi connectivity index (χ3v) is 4.22. The second-order valence-electron chi connectivity index (χ2n) is 3.75. The molecule has 6 nitrogen and oxygen atoms in total. The summed E-state index contributed by atoms with van der Waals surface area (Å²) in [5.74, 6) is -0.0515. The fourth-order valence-corrected chi connectivity index (χ4v) is 3.15. The van der Waals surface area contributed by atoms with Gasteiger partial charge in [0.05, 0.1) is 5.02 Å². The molecule has 18 heavy (non-hydrogen) atoms. The number of hydrogen-bond donors (Lipinski definition) is 3. The van der Waals surface area contributed by atoms with Crippen molar-refractivity contribution in [2.75, 3.05) is 0 Å². The van der Waals surface area contributed by atoms with E-state index in [1.807, 2.05) is 0 Å². The first-order valence-electron chi connectivity index (χ1n) is 5.10. The van der Waals surface area contributed by atoms with Crippen LogP contribution in [0, 0.1) is 0 Å². The Morgan fingerprint density at radius 3 is 2.72 bits per heavy atom. The second kappa shape index (κ2) is 6.03. The van der Waals surface area contributed by atoms with E-state index in [2.05, 4.69) is 9.88 Å². The van der Waals surface area contributed by atoms with Crippen molar-refractivity contribution < 1.29 is 13.6 Å². The van der Waals surface area contributed by atoms with Gasteiger partial charge in [-0.3, -0.25) is 0 Å². The highest BCUT2D eigenvalue weighted by Crippen LogP contribution is 2.20. The Morgan fingerprint density at radius 1 is 1.56 bits per heavy atom. The maximum absolute atomic E-state index is 12.0. The van der Waals surface area contributed by atoms with Crippen LogP contribution in [0.2, 0.25) is 5.02 Å². The molecule has 0 saturated heterocycles. The van der Waals surface area contributed by atoms with E-state index < -0.39 is 16.1 Å². The number of halogens is 1. The molecule has 0 aliphatic carbocycles. The van der Waals surface area contributed by atoms with E-state index >= 15 is 0 Å². The average Bonchev–Trinajstić information content (AvgIpc) is 2.28. The average molecular weight is 292 g/mol. The third kappa shape index (κ3) is 3.86. The lowest BCUT2D eigenvalue weighted by Gasteiger charge is -2.14. The maximum atomic E-state index is 12.0. The van der Waals surface area contributed by atoms with E-state index in [1.54, 1.807) is 19.1 Å². The minimum Gasteiger partial charge on any atom is -0.409 e. The van der Waals surface area contributed by atoms with Gasteiger partial charge in [0.1, 0.15) is 10.7 Å². The number of amidine groups is 1. The zero-order valence-corrected chi connectivity index (χ0v) is 11.2. The molecule has 0 heterocycles. The molecule has 1 rings (SSSR count). The quantitative estimate of drug-likeness (QED) is 0.327. The summed E-state index contributed by atoms with van der Waals surface area (Å²) < 4.78 is 26.4. The standard InChI is InChI=1S/C10H14ClN3O3S/c1-7(6-10(12)13-15)14-18(16,17)9-5-3-2-4-8(9)11/h2-5,7,14-15H,6H2,1H3,(H2,12,13). The Morgan fingerprint density at radius 2 is 2.17 bits per heavy atom. The zero-order valence-electron chi connectivity index (χ0n) is 9.67. The summed E-state index contributed by atoms with van der Waals surface area (Å²) in [6, 6.07) is 5.60. The number of nitrogens with one attached hydrogen (secondary N) is 1. The highest BCUT2D eigenvalue weighted by Gasteiger charge is 2.20. The number of rotatable bonds is 5. The largest absolute Gasteiger partial charge is 0.409 e. The van der Waals surface area contributed by atoms with Crippen LogP contribution in [0.1, 0.15) is 13.3 Å². The van der Waals surface area contributed by atoms with E-state index in [-0.39, 0.29) is 22.2 Å². The van der Waals surface area contributed by atoms with Crippen LogP contribution in [0.3, 0.4) is 0 Å². The van der Waals surface area contributed by atoms with Gasteiger partial charge in [-0.05, 0) is 19.1 Å². The number of benzene rings is 1. The molecule has 1 aromatic rings. The molecule has 0 amide bonds. The molecular formula is C10H14ClN3O3S. The van der Waals surface area contributed by atoms with Gasteiger partial charge in [0.2, 0.25) is 10.0 Å². The summed E-state index contributed by atoms with van der Waals surface area (Å²) in [5.41, 5.74) is 5.30. The molecule has 0 saturated carbocycles. The fraction of sp³-hybridized carbons (Fsp3) is 0.300. The molecule has 0 aromatic heterocycles. The maximum Gasteiger partial charge on any atom is 0.242 e. The number of nitrogens with two attached hydrogens (primary N) is 1. The van der Waals surface area contributed by atoms with Crippen LogP contribution in [0.4, 0.5) is 0 Å². The number of hydrogen-bond acceptors (Lipinski definition) is 4. The van der Waals surface area contributed by atoms with Gasteiger partial charge in [-0.1, -0.05) is 28.9 Å². The minimum atomic E-state index is -3.72. The number of sulfonamides is 1. The van der Waals surface area contributed by atoms with Gasteiger partial charge in [0.25, 0.3) is 0 Å². The number of nitrogens with zero attached hydrogens (tertiary/aromatic N) is 1. The first-order chi connectivity index (χ1) is 8.36. The molecule has 0 radical (unpaired) electrons. The molecule has 0 aliphatic rings. The minimum absolute atomic E-state index is 0.00183. The van der Waals surface area contributed by atoms with Gasteiger partial charge < -0.3 is 10.9 Å². The Labute approximate surface area is 110 Å².